The van der Waals surface area contributed by atoms with Crippen molar-refractivity contribution in [3.63, 3.8) is 0 Å². The van der Waals surface area contributed by atoms with Gasteiger partial charge in [0.1, 0.15) is 16.7 Å². The molecule has 2 fully saturated rings. The molecule has 11 heteroatoms. The van der Waals surface area contributed by atoms with Crippen LogP contribution in [-0.2, 0) is 4.79 Å². The Morgan fingerprint density at radius 2 is 1.79 bits per heavy atom. The van der Waals surface area contributed by atoms with Crippen molar-refractivity contribution < 1.29 is 4.79 Å². The van der Waals surface area contributed by atoms with E-state index in [1.807, 2.05) is 53.4 Å². The second kappa shape index (κ2) is 12.7. The number of nitrogens with zero attached hydrogens (tertiary/aromatic N) is 7. The molecule has 2 saturated heterocycles. The number of carbonyl (C=O) groups excluding carboxylic acids is 1. The van der Waals surface area contributed by atoms with Crippen LogP contribution in [0.3, 0.4) is 0 Å². The van der Waals surface area contributed by atoms with Crippen LogP contribution in [0.2, 0.25) is 5.02 Å². The van der Waals surface area contributed by atoms with Crippen LogP contribution < -0.4 is 20.4 Å². The van der Waals surface area contributed by atoms with Crippen LogP contribution in [0.5, 0.6) is 0 Å². The van der Waals surface area contributed by atoms with Crippen LogP contribution in [0.4, 0.5) is 23.1 Å². The van der Waals surface area contributed by atoms with Gasteiger partial charge in [0.05, 0.1) is 17.4 Å². The number of benzene rings is 2. The summed E-state index contributed by atoms with van der Waals surface area (Å²) in [6, 6.07) is 21.6. The number of anilines is 4. The van der Waals surface area contributed by atoms with Crippen molar-refractivity contribution in [1.29, 1.82) is 5.26 Å². The normalized spacial score (nSPS) is 17.6. The zero-order valence-corrected chi connectivity index (χ0v) is 24.6. The Balaban J connectivity index is 1.08. The summed E-state index contributed by atoms with van der Waals surface area (Å²) in [7, 11) is 2.15. The number of pyridine rings is 1. The number of hydrogen-bond donors (Lipinski definition) is 2. The average Bonchev–Trinajstić information content (AvgIpc) is 3.49. The third kappa shape index (κ3) is 6.69. The molecular formula is C32H32ClN9O. The maximum atomic E-state index is 13.0. The van der Waals surface area contributed by atoms with Gasteiger partial charge in [0.15, 0.2) is 5.82 Å². The lowest BCUT2D eigenvalue weighted by Gasteiger charge is -2.34. The van der Waals surface area contributed by atoms with Gasteiger partial charge in [0.2, 0.25) is 5.95 Å². The van der Waals surface area contributed by atoms with Gasteiger partial charge in [-0.2, -0.15) is 10.2 Å². The molecule has 0 unspecified atom stereocenters. The molecule has 2 aliphatic rings. The first-order chi connectivity index (χ1) is 20.9. The van der Waals surface area contributed by atoms with Crippen molar-refractivity contribution >= 4 is 57.6 Å². The van der Waals surface area contributed by atoms with Crippen molar-refractivity contribution in [1.82, 2.24) is 25.2 Å². The molecule has 2 aromatic carbocycles. The Labute approximate surface area is 255 Å². The lowest BCUT2D eigenvalue weighted by molar-refractivity contribution is -0.117. The molecule has 4 aromatic rings. The van der Waals surface area contributed by atoms with Gasteiger partial charge in [-0.05, 0) is 55.9 Å². The molecule has 6 rings (SSSR count). The highest BCUT2D eigenvalue weighted by Crippen LogP contribution is 2.29. The SMILES string of the molecule is CN1CCN(c2ccc(Nc3ncc(Cl)c(N4CC[C@@H](NC(=O)/C(C#N)=C/c5ccc6ccccc6n5)C4)n3)cc2)CC1. The highest BCUT2D eigenvalue weighted by molar-refractivity contribution is 6.32. The predicted molar refractivity (Wildman–Crippen MR) is 171 cm³/mol. The maximum Gasteiger partial charge on any atom is 0.262 e. The minimum absolute atomic E-state index is 0.00595. The molecule has 0 spiro atoms. The zero-order valence-electron chi connectivity index (χ0n) is 23.9. The number of halogens is 1. The van der Waals surface area contributed by atoms with E-state index < -0.39 is 5.91 Å². The number of hydrogen-bond acceptors (Lipinski definition) is 9. The van der Waals surface area contributed by atoms with Gasteiger partial charge in [-0.15, -0.1) is 0 Å². The molecular weight excluding hydrogens is 562 g/mol. The van der Waals surface area contributed by atoms with Gasteiger partial charge in [-0.1, -0.05) is 35.9 Å². The van der Waals surface area contributed by atoms with Crippen LogP contribution in [0.15, 0.2) is 72.4 Å². The Morgan fingerprint density at radius 1 is 1.00 bits per heavy atom. The molecule has 0 aliphatic carbocycles. The second-order valence-electron chi connectivity index (χ2n) is 10.8. The fourth-order valence-electron chi connectivity index (χ4n) is 5.38. The third-order valence-electron chi connectivity index (χ3n) is 7.82. The van der Waals surface area contributed by atoms with Gasteiger partial charge in [0.25, 0.3) is 5.91 Å². The Morgan fingerprint density at radius 3 is 2.58 bits per heavy atom. The summed E-state index contributed by atoms with van der Waals surface area (Å²) in [4.78, 5) is 33.3. The summed E-state index contributed by atoms with van der Waals surface area (Å²) in [6.45, 7) is 5.30. The predicted octanol–water partition coefficient (Wildman–Crippen LogP) is 4.48. The van der Waals surface area contributed by atoms with E-state index in [-0.39, 0.29) is 11.6 Å². The van der Waals surface area contributed by atoms with E-state index in [4.69, 9.17) is 11.6 Å². The molecule has 43 heavy (non-hydrogen) atoms. The number of nitriles is 1. The van der Waals surface area contributed by atoms with Crippen LogP contribution in [0, 0.1) is 11.3 Å². The number of para-hydroxylation sites is 1. The fraction of sp³-hybridized carbons (Fsp3) is 0.281. The van der Waals surface area contributed by atoms with E-state index in [1.165, 1.54) is 11.8 Å². The van der Waals surface area contributed by atoms with E-state index >= 15 is 0 Å². The van der Waals surface area contributed by atoms with E-state index in [2.05, 4.69) is 54.6 Å². The molecule has 4 heterocycles. The smallest absolute Gasteiger partial charge is 0.262 e. The number of fused-ring (bicyclic) bond motifs is 1. The molecule has 10 nitrogen and oxygen atoms in total. The summed E-state index contributed by atoms with van der Waals surface area (Å²) in [5.74, 6) is 0.610. The minimum Gasteiger partial charge on any atom is -0.369 e. The molecule has 2 N–H and O–H groups in total. The molecule has 0 radical (unpaired) electrons. The number of likely N-dealkylation sites (N-methyl/N-ethyl adjacent to an activating group) is 1. The number of nitrogens with one attached hydrogen (secondary N) is 2. The highest BCUT2D eigenvalue weighted by atomic mass is 35.5. The standard InChI is InChI=1S/C32H32ClN9O/c1-40-14-16-41(17-15-40)27-10-8-24(9-11-27)38-32-35-20-28(33)30(39-32)42-13-12-26(21-42)37-31(43)23(19-34)18-25-7-6-22-4-2-3-5-29(22)36-25/h2-11,18,20,26H,12-17,21H2,1H3,(H,37,43)(H,35,38,39)/b23-18+/t26-/m1/s1. The number of rotatable bonds is 7. The van der Waals surface area contributed by atoms with Crippen LogP contribution in [0.25, 0.3) is 17.0 Å². The molecule has 2 aromatic heterocycles. The van der Waals surface area contributed by atoms with Gasteiger partial charge in [0, 0.05) is 62.1 Å². The van der Waals surface area contributed by atoms with Crippen molar-refractivity contribution in [3.05, 3.63) is 83.2 Å². The average molecular weight is 594 g/mol. The van der Waals surface area contributed by atoms with Crippen molar-refractivity contribution in [2.24, 2.45) is 0 Å². The Kier molecular flexibility index (Phi) is 8.36. The van der Waals surface area contributed by atoms with Crippen LogP contribution in [-0.4, -0.2) is 78.1 Å². The Hall–Kier alpha value is -4.72. The molecule has 0 saturated carbocycles. The summed E-state index contributed by atoms with van der Waals surface area (Å²) >= 11 is 6.50. The number of carbonyl (C=O) groups is 1. The summed E-state index contributed by atoms with van der Waals surface area (Å²) < 4.78 is 0. The number of aromatic nitrogens is 3. The van der Waals surface area contributed by atoms with Crippen molar-refractivity contribution in [2.75, 3.05) is 61.4 Å². The molecule has 1 atom stereocenters. The first-order valence-electron chi connectivity index (χ1n) is 14.3. The monoisotopic (exact) mass is 593 g/mol. The molecule has 1 amide bonds. The maximum absolute atomic E-state index is 13.0. The topological polar surface area (TPSA) is 113 Å². The van der Waals surface area contributed by atoms with Gasteiger partial charge in [-0.3, -0.25) is 4.79 Å². The summed E-state index contributed by atoms with van der Waals surface area (Å²) in [5.41, 5.74) is 3.45. The Bertz CT molecular complexity index is 1690. The van der Waals surface area contributed by atoms with E-state index in [1.54, 1.807) is 12.3 Å². The van der Waals surface area contributed by atoms with E-state index in [0.29, 0.717) is 42.0 Å². The largest absolute Gasteiger partial charge is 0.369 e. The number of amides is 1. The quantitative estimate of drug-likeness (QED) is 0.237. The zero-order chi connectivity index (χ0) is 29.8. The minimum atomic E-state index is -0.430. The third-order valence-corrected chi connectivity index (χ3v) is 8.08. The first-order valence-corrected chi connectivity index (χ1v) is 14.7. The molecule has 0 bridgehead atoms. The first kappa shape index (κ1) is 28.4. The summed E-state index contributed by atoms with van der Waals surface area (Å²) in [5, 5.41) is 17.4. The second-order valence-corrected chi connectivity index (χ2v) is 11.2. The van der Waals surface area contributed by atoms with Crippen molar-refractivity contribution in [2.45, 2.75) is 12.5 Å². The lowest BCUT2D eigenvalue weighted by atomic mass is 10.1. The lowest BCUT2D eigenvalue weighted by Crippen LogP contribution is -2.44. The van der Waals surface area contributed by atoms with E-state index in [9.17, 15) is 10.1 Å². The van der Waals surface area contributed by atoms with Crippen LogP contribution in [0.1, 0.15) is 12.1 Å². The molecule has 218 valence electrons. The van der Waals surface area contributed by atoms with E-state index in [0.717, 1.165) is 42.8 Å². The molecule has 2 aliphatic heterocycles. The number of piperazine rings is 1. The fourth-order valence-corrected chi connectivity index (χ4v) is 5.59. The highest BCUT2D eigenvalue weighted by Gasteiger charge is 2.27. The van der Waals surface area contributed by atoms with Crippen molar-refractivity contribution in [3.8, 4) is 6.07 Å². The van der Waals surface area contributed by atoms with Gasteiger partial charge in [-0.25, -0.2) is 9.97 Å². The van der Waals surface area contributed by atoms with Gasteiger partial charge >= 0.3 is 0 Å². The summed E-state index contributed by atoms with van der Waals surface area (Å²) in [6.07, 6.45) is 3.80. The van der Waals surface area contributed by atoms with Gasteiger partial charge < -0.3 is 25.3 Å². The van der Waals surface area contributed by atoms with Crippen LogP contribution >= 0.6 is 11.6 Å².